The minimum absolute atomic E-state index is 0.402. The first-order valence-electron chi connectivity index (χ1n) is 7.31. The Morgan fingerprint density at radius 3 is 2.67 bits per heavy atom. The van der Waals surface area contributed by atoms with Crippen molar-refractivity contribution >= 4 is 17.0 Å². The molecule has 108 valence electrons. The lowest BCUT2D eigenvalue weighted by molar-refractivity contribution is 0.210. The Hall–Kier alpha value is -1.99. The molecule has 1 saturated carbocycles. The van der Waals surface area contributed by atoms with Crippen LogP contribution < -0.4 is 10.1 Å². The highest BCUT2D eigenvalue weighted by Gasteiger charge is 2.16. The largest absolute Gasteiger partial charge is 0.490 e. The Balaban J connectivity index is 1.53. The smallest absolute Gasteiger partial charge is 0.119 e. The SMILES string of the molecule is N#Cc1csc(CNc2ccc(OC3CCCC3)cc2)c1. The fraction of sp³-hybridized carbons (Fsp3) is 0.353. The van der Waals surface area contributed by atoms with E-state index in [1.807, 2.05) is 35.7 Å². The first-order chi connectivity index (χ1) is 10.3. The van der Waals surface area contributed by atoms with Crippen molar-refractivity contribution in [2.45, 2.75) is 38.3 Å². The lowest BCUT2D eigenvalue weighted by Gasteiger charge is -2.13. The Morgan fingerprint density at radius 2 is 2.00 bits per heavy atom. The fourth-order valence-corrected chi connectivity index (χ4v) is 3.32. The van der Waals surface area contributed by atoms with Crippen LogP contribution in [0.3, 0.4) is 0 Å². The van der Waals surface area contributed by atoms with Crippen LogP contribution in [0.1, 0.15) is 36.1 Å². The summed E-state index contributed by atoms with van der Waals surface area (Å²) in [6.45, 7) is 0.745. The van der Waals surface area contributed by atoms with Crippen molar-refractivity contribution < 1.29 is 4.74 Å². The predicted octanol–water partition coefficient (Wildman–Crippen LogP) is 4.55. The van der Waals surface area contributed by atoms with Crippen LogP contribution in [0.25, 0.3) is 0 Å². The van der Waals surface area contributed by atoms with Gasteiger partial charge in [0.2, 0.25) is 0 Å². The van der Waals surface area contributed by atoms with E-state index in [0.717, 1.165) is 28.4 Å². The number of anilines is 1. The van der Waals surface area contributed by atoms with Crippen LogP contribution in [0.15, 0.2) is 35.7 Å². The molecule has 1 aromatic carbocycles. The molecule has 3 rings (SSSR count). The summed E-state index contributed by atoms with van der Waals surface area (Å²) in [7, 11) is 0. The number of thiophene rings is 1. The molecular formula is C17H18N2OS. The summed E-state index contributed by atoms with van der Waals surface area (Å²) >= 11 is 1.61. The summed E-state index contributed by atoms with van der Waals surface area (Å²) in [4.78, 5) is 1.16. The van der Waals surface area contributed by atoms with Crippen LogP contribution in [-0.2, 0) is 6.54 Å². The molecule has 0 radical (unpaired) electrons. The number of rotatable bonds is 5. The molecule has 0 unspecified atom stereocenters. The lowest BCUT2D eigenvalue weighted by Crippen LogP contribution is -2.10. The van der Waals surface area contributed by atoms with Crippen LogP contribution >= 0.6 is 11.3 Å². The lowest BCUT2D eigenvalue weighted by atomic mass is 10.2. The molecule has 1 N–H and O–H groups in total. The van der Waals surface area contributed by atoms with Crippen LogP contribution in [0.2, 0.25) is 0 Å². The standard InChI is InChI=1S/C17H18N2OS/c18-10-13-9-17(21-12-13)11-19-14-5-7-16(8-6-14)20-15-3-1-2-4-15/h5-9,12,15,19H,1-4,11H2. The Bertz CT molecular complexity index is 621. The maximum absolute atomic E-state index is 8.81. The third kappa shape index (κ3) is 3.77. The number of nitriles is 1. The minimum Gasteiger partial charge on any atom is -0.490 e. The van der Waals surface area contributed by atoms with Crippen LogP contribution in [0.4, 0.5) is 5.69 Å². The molecule has 0 aliphatic heterocycles. The van der Waals surface area contributed by atoms with Gasteiger partial charge in [0.15, 0.2) is 0 Å². The van der Waals surface area contributed by atoms with Gasteiger partial charge in [0.1, 0.15) is 11.8 Å². The molecule has 1 fully saturated rings. The zero-order valence-corrected chi connectivity index (χ0v) is 12.7. The van der Waals surface area contributed by atoms with Crippen molar-refractivity contribution in [3.8, 4) is 11.8 Å². The highest BCUT2D eigenvalue weighted by molar-refractivity contribution is 7.10. The van der Waals surface area contributed by atoms with Gasteiger partial charge in [-0.1, -0.05) is 0 Å². The van der Waals surface area contributed by atoms with E-state index in [1.165, 1.54) is 25.7 Å². The molecule has 0 bridgehead atoms. The van der Waals surface area contributed by atoms with Gasteiger partial charge in [-0.05, 0) is 56.0 Å². The van der Waals surface area contributed by atoms with Crippen molar-refractivity contribution in [2.75, 3.05) is 5.32 Å². The van der Waals surface area contributed by atoms with Gasteiger partial charge in [0, 0.05) is 22.5 Å². The van der Waals surface area contributed by atoms with Gasteiger partial charge in [-0.2, -0.15) is 5.26 Å². The van der Waals surface area contributed by atoms with Crippen molar-refractivity contribution in [3.05, 3.63) is 46.2 Å². The summed E-state index contributed by atoms with van der Waals surface area (Å²) in [5, 5.41) is 14.1. The van der Waals surface area contributed by atoms with E-state index in [0.29, 0.717) is 6.10 Å². The maximum atomic E-state index is 8.81. The molecule has 0 amide bonds. The molecule has 0 spiro atoms. The van der Waals surface area contributed by atoms with Crippen LogP contribution in [0.5, 0.6) is 5.75 Å². The van der Waals surface area contributed by atoms with E-state index >= 15 is 0 Å². The van der Waals surface area contributed by atoms with Gasteiger partial charge in [0.25, 0.3) is 0 Å². The molecule has 1 heterocycles. The molecule has 1 aliphatic rings. The van der Waals surface area contributed by atoms with E-state index in [4.69, 9.17) is 10.00 Å². The second-order valence-corrected chi connectivity index (χ2v) is 6.31. The summed E-state index contributed by atoms with van der Waals surface area (Å²) in [5.41, 5.74) is 1.80. The highest BCUT2D eigenvalue weighted by atomic mass is 32.1. The third-order valence-electron chi connectivity index (χ3n) is 3.71. The first kappa shape index (κ1) is 14.0. The van der Waals surface area contributed by atoms with Gasteiger partial charge in [-0.3, -0.25) is 0 Å². The van der Waals surface area contributed by atoms with Gasteiger partial charge in [-0.25, -0.2) is 0 Å². The number of ether oxygens (including phenoxy) is 1. The zero-order valence-electron chi connectivity index (χ0n) is 11.8. The molecule has 0 atom stereocenters. The fourth-order valence-electron chi connectivity index (χ4n) is 2.57. The highest BCUT2D eigenvalue weighted by Crippen LogP contribution is 2.25. The van der Waals surface area contributed by atoms with Gasteiger partial charge >= 0.3 is 0 Å². The Morgan fingerprint density at radius 1 is 1.24 bits per heavy atom. The molecule has 0 saturated heterocycles. The first-order valence-corrected chi connectivity index (χ1v) is 8.19. The minimum atomic E-state index is 0.402. The van der Waals surface area contributed by atoms with Gasteiger partial charge in [0.05, 0.1) is 11.7 Å². The van der Waals surface area contributed by atoms with Crippen molar-refractivity contribution in [1.29, 1.82) is 5.26 Å². The summed E-state index contributed by atoms with van der Waals surface area (Å²) in [6, 6.07) is 12.2. The summed E-state index contributed by atoms with van der Waals surface area (Å²) in [5.74, 6) is 0.954. The van der Waals surface area contributed by atoms with E-state index in [9.17, 15) is 0 Å². The Labute approximate surface area is 129 Å². The number of hydrogen-bond donors (Lipinski definition) is 1. The van der Waals surface area contributed by atoms with E-state index < -0.39 is 0 Å². The molecular weight excluding hydrogens is 280 g/mol. The number of nitrogens with zero attached hydrogens (tertiary/aromatic N) is 1. The number of hydrogen-bond acceptors (Lipinski definition) is 4. The van der Waals surface area contributed by atoms with Crippen molar-refractivity contribution in [2.24, 2.45) is 0 Å². The monoisotopic (exact) mass is 298 g/mol. The van der Waals surface area contributed by atoms with Crippen molar-refractivity contribution in [3.63, 3.8) is 0 Å². The van der Waals surface area contributed by atoms with Crippen LogP contribution in [-0.4, -0.2) is 6.10 Å². The predicted molar refractivity (Wildman–Crippen MR) is 85.7 cm³/mol. The second-order valence-electron chi connectivity index (χ2n) is 5.32. The summed E-state index contributed by atoms with van der Waals surface area (Å²) < 4.78 is 5.95. The average molecular weight is 298 g/mol. The molecule has 1 aliphatic carbocycles. The average Bonchev–Trinajstić information content (AvgIpc) is 3.18. The molecule has 2 aromatic rings. The van der Waals surface area contributed by atoms with Gasteiger partial charge < -0.3 is 10.1 Å². The number of benzene rings is 1. The van der Waals surface area contributed by atoms with Crippen LogP contribution in [0, 0.1) is 11.3 Å². The molecule has 21 heavy (non-hydrogen) atoms. The maximum Gasteiger partial charge on any atom is 0.119 e. The normalized spacial score (nSPS) is 14.8. The second kappa shape index (κ2) is 6.64. The molecule has 4 heteroatoms. The zero-order chi connectivity index (χ0) is 14.5. The van der Waals surface area contributed by atoms with E-state index in [1.54, 1.807) is 11.3 Å². The topological polar surface area (TPSA) is 45.0 Å². The van der Waals surface area contributed by atoms with E-state index in [2.05, 4.69) is 11.4 Å². The molecule has 1 aromatic heterocycles. The van der Waals surface area contributed by atoms with Gasteiger partial charge in [-0.15, -0.1) is 11.3 Å². The molecule has 3 nitrogen and oxygen atoms in total. The Kier molecular flexibility index (Phi) is 4.42. The summed E-state index contributed by atoms with van der Waals surface area (Å²) in [6.07, 6.45) is 5.34. The van der Waals surface area contributed by atoms with Crippen molar-refractivity contribution in [1.82, 2.24) is 0 Å². The quantitative estimate of drug-likeness (QED) is 0.880. The number of nitrogens with one attached hydrogen (secondary N) is 1. The third-order valence-corrected chi connectivity index (χ3v) is 4.65. The van der Waals surface area contributed by atoms with E-state index in [-0.39, 0.29) is 0 Å².